The predicted molar refractivity (Wildman–Crippen MR) is 42.9 cm³/mol. The molecule has 3 nitrogen and oxygen atoms in total. The zero-order valence-electron chi connectivity index (χ0n) is 7.03. The maximum Gasteiger partial charge on any atom is 1.00 e. The van der Waals surface area contributed by atoms with Crippen molar-refractivity contribution in [2.24, 2.45) is 5.73 Å². The van der Waals surface area contributed by atoms with Crippen LogP contribution in [0.5, 0.6) is 0 Å². The van der Waals surface area contributed by atoms with Crippen molar-refractivity contribution in [1.82, 2.24) is 0 Å². The summed E-state index contributed by atoms with van der Waals surface area (Å²) in [5.41, 5.74) is 4.58. The first-order chi connectivity index (χ1) is 5.30. The Morgan fingerprint density at radius 1 is 1.25 bits per heavy atom. The molecule has 3 N–H and O–H groups in total. The molecule has 0 aliphatic heterocycles. The number of rotatable bonds is 1. The number of aromatic carboxylic acids is 1. The molecule has 60 valence electrons. The molecule has 0 amide bonds. The standard InChI is InChI=1S/C7H6O2.CH4N.Na/c8-7(9)6-4-2-1-3-5-6;1-2;/h1-5H,(H,8,9);1-2H2;/q;-1;+1. The zero-order chi connectivity index (χ0) is 8.69. The zero-order valence-corrected chi connectivity index (χ0v) is 9.03. The number of carboxylic acids is 1. The van der Waals surface area contributed by atoms with E-state index in [-0.39, 0.29) is 29.6 Å². The normalized spacial score (nSPS) is 7.17. The number of nitrogens with two attached hydrogens (primary N) is 1. The first kappa shape index (κ1) is 14.2. The molecule has 1 aromatic carbocycles. The smallest absolute Gasteiger partial charge is 0.486 e. The van der Waals surface area contributed by atoms with Crippen LogP contribution in [0.25, 0.3) is 0 Å². The Balaban J connectivity index is 0. The third kappa shape index (κ3) is 5.32. The monoisotopic (exact) mass is 175 g/mol. The van der Waals surface area contributed by atoms with Gasteiger partial charge in [0.05, 0.1) is 5.56 Å². The van der Waals surface area contributed by atoms with E-state index in [4.69, 9.17) is 5.11 Å². The summed E-state index contributed by atoms with van der Waals surface area (Å²) in [5, 5.41) is 8.38. The molecule has 0 aliphatic rings. The van der Waals surface area contributed by atoms with E-state index >= 15 is 0 Å². The van der Waals surface area contributed by atoms with E-state index in [9.17, 15) is 4.79 Å². The average Bonchev–Trinajstić information content (AvgIpc) is 2.10. The van der Waals surface area contributed by atoms with Crippen molar-refractivity contribution in [2.45, 2.75) is 0 Å². The van der Waals surface area contributed by atoms with Crippen LogP contribution < -0.4 is 35.3 Å². The summed E-state index contributed by atoms with van der Waals surface area (Å²) in [4.78, 5) is 10.2. The van der Waals surface area contributed by atoms with Crippen molar-refractivity contribution in [3.8, 4) is 0 Å². The van der Waals surface area contributed by atoms with Crippen molar-refractivity contribution in [3.63, 3.8) is 0 Å². The van der Waals surface area contributed by atoms with Crippen molar-refractivity contribution in [1.29, 1.82) is 0 Å². The Morgan fingerprint density at radius 3 is 1.92 bits per heavy atom. The fourth-order valence-electron chi connectivity index (χ4n) is 0.581. The van der Waals surface area contributed by atoms with Crippen LogP contribution in [0.4, 0.5) is 0 Å². The van der Waals surface area contributed by atoms with Crippen LogP contribution in [0, 0.1) is 7.05 Å². The number of hydrogen-bond acceptors (Lipinski definition) is 2. The van der Waals surface area contributed by atoms with Crippen LogP contribution in [0.3, 0.4) is 0 Å². The second-order valence-electron chi connectivity index (χ2n) is 1.67. The van der Waals surface area contributed by atoms with Gasteiger partial charge in [0.25, 0.3) is 0 Å². The predicted octanol–water partition coefficient (Wildman–Crippen LogP) is -1.87. The molecule has 0 heterocycles. The Kier molecular flexibility index (Phi) is 10.3. The molecular formula is C8H10NNaO2. The van der Waals surface area contributed by atoms with Gasteiger partial charge in [-0.25, -0.2) is 4.79 Å². The molecule has 1 rings (SSSR count). The van der Waals surface area contributed by atoms with Gasteiger partial charge in [-0.05, 0) is 12.1 Å². The summed E-state index contributed by atoms with van der Waals surface area (Å²) in [5.74, 6) is -0.879. The maximum absolute atomic E-state index is 10.2. The van der Waals surface area contributed by atoms with Crippen LogP contribution in [-0.2, 0) is 0 Å². The second kappa shape index (κ2) is 8.74. The van der Waals surface area contributed by atoms with Crippen molar-refractivity contribution >= 4 is 5.97 Å². The maximum atomic E-state index is 10.2. The van der Waals surface area contributed by atoms with E-state index in [1.54, 1.807) is 30.3 Å². The minimum atomic E-state index is -0.879. The van der Waals surface area contributed by atoms with Gasteiger partial charge in [0.2, 0.25) is 0 Å². The molecule has 0 aromatic heterocycles. The van der Waals surface area contributed by atoms with Gasteiger partial charge in [-0.15, -0.1) is 0 Å². The first-order valence-electron chi connectivity index (χ1n) is 3.00. The summed E-state index contributed by atoms with van der Waals surface area (Å²) in [6.07, 6.45) is 0. The Bertz CT molecular complexity index is 214. The van der Waals surface area contributed by atoms with E-state index in [1.807, 2.05) is 0 Å². The third-order valence-electron chi connectivity index (χ3n) is 1.02. The van der Waals surface area contributed by atoms with Crippen molar-refractivity contribution in [3.05, 3.63) is 42.9 Å². The van der Waals surface area contributed by atoms with Gasteiger partial charge in [-0.3, -0.25) is 7.05 Å². The fraction of sp³-hybridized carbons (Fsp3) is 0. The van der Waals surface area contributed by atoms with Gasteiger partial charge < -0.3 is 10.8 Å². The molecule has 1 aromatic rings. The Morgan fingerprint density at radius 2 is 1.67 bits per heavy atom. The van der Waals surface area contributed by atoms with Crippen LogP contribution >= 0.6 is 0 Å². The summed E-state index contributed by atoms with van der Waals surface area (Å²) in [6.45, 7) is 0. The summed E-state index contributed by atoms with van der Waals surface area (Å²) < 4.78 is 0. The van der Waals surface area contributed by atoms with Crippen LogP contribution in [0.1, 0.15) is 10.4 Å². The van der Waals surface area contributed by atoms with Gasteiger partial charge in [0.1, 0.15) is 0 Å². The topological polar surface area (TPSA) is 63.3 Å². The van der Waals surface area contributed by atoms with Crippen LogP contribution in [-0.4, -0.2) is 11.1 Å². The summed E-state index contributed by atoms with van der Waals surface area (Å²) in [6, 6.07) is 8.30. The Hall–Kier alpha value is -0.350. The van der Waals surface area contributed by atoms with Crippen molar-refractivity contribution < 1.29 is 39.5 Å². The quantitative estimate of drug-likeness (QED) is 0.388. The SMILES string of the molecule is O=C(O)c1ccccc1.[CH2-]N.[Na+]. The van der Waals surface area contributed by atoms with Gasteiger partial charge >= 0.3 is 35.5 Å². The average molecular weight is 175 g/mol. The van der Waals surface area contributed by atoms with Crippen LogP contribution in [0.15, 0.2) is 30.3 Å². The molecule has 0 fully saturated rings. The first-order valence-corrected chi connectivity index (χ1v) is 3.00. The summed E-state index contributed by atoms with van der Waals surface area (Å²) in [7, 11) is 2.75. The molecule has 4 heteroatoms. The van der Waals surface area contributed by atoms with Crippen LogP contribution in [0.2, 0.25) is 0 Å². The van der Waals surface area contributed by atoms with Crippen molar-refractivity contribution in [2.75, 3.05) is 0 Å². The molecular weight excluding hydrogens is 165 g/mol. The van der Waals surface area contributed by atoms with Gasteiger partial charge in [-0.2, -0.15) is 0 Å². The fourth-order valence-corrected chi connectivity index (χ4v) is 0.581. The molecule has 0 bridgehead atoms. The molecule has 0 spiro atoms. The number of hydrogen-bond donors (Lipinski definition) is 2. The molecule has 0 aliphatic carbocycles. The van der Waals surface area contributed by atoms with E-state index in [2.05, 4.69) is 12.8 Å². The van der Waals surface area contributed by atoms with E-state index in [0.29, 0.717) is 5.56 Å². The number of carbonyl (C=O) groups is 1. The minimum Gasteiger partial charge on any atom is -0.486 e. The second-order valence-corrected chi connectivity index (χ2v) is 1.67. The third-order valence-corrected chi connectivity index (χ3v) is 1.02. The number of benzene rings is 1. The van der Waals surface area contributed by atoms with Gasteiger partial charge in [0.15, 0.2) is 0 Å². The molecule has 0 unspecified atom stereocenters. The molecule has 12 heavy (non-hydrogen) atoms. The summed E-state index contributed by atoms with van der Waals surface area (Å²) >= 11 is 0. The molecule has 0 saturated heterocycles. The molecule has 0 radical (unpaired) electrons. The molecule has 0 saturated carbocycles. The van der Waals surface area contributed by atoms with E-state index in [1.165, 1.54) is 0 Å². The minimum absolute atomic E-state index is 0. The largest absolute Gasteiger partial charge is 1.00 e. The Labute approximate surface area is 93.9 Å². The van der Waals surface area contributed by atoms with E-state index in [0.717, 1.165) is 0 Å². The molecule has 0 atom stereocenters. The van der Waals surface area contributed by atoms with E-state index < -0.39 is 5.97 Å². The van der Waals surface area contributed by atoms with Gasteiger partial charge in [0, 0.05) is 0 Å². The van der Waals surface area contributed by atoms with Gasteiger partial charge in [-0.1, -0.05) is 18.2 Å². The number of carboxylic acid groups (broad SMARTS) is 1.